The van der Waals surface area contributed by atoms with Crippen molar-refractivity contribution in [3.63, 3.8) is 0 Å². The van der Waals surface area contributed by atoms with Gasteiger partial charge in [-0.3, -0.25) is 9.71 Å². The summed E-state index contributed by atoms with van der Waals surface area (Å²) in [4.78, 5) is 4.34. The number of hydrogen-bond donors (Lipinski definition) is 1. The molecule has 0 radical (unpaired) electrons. The number of aryl methyl sites for hydroxylation is 2. The highest BCUT2D eigenvalue weighted by Crippen LogP contribution is 2.27. The van der Waals surface area contributed by atoms with Gasteiger partial charge in [0.05, 0.1) is 10.6 Å². The van der Waals surface area contributed by atoms with Gasteiger partial charge in [0.15, 0.2) is 11.5 Å². The van der Waals surface area contributed by atoms with Crippen LogP contribution >= 0.6 is 0 Å². The number of nitrogens with one attached hydrogen (secondary N) is 1. The van der Waals surface area contributed by atoms with Gasteiger partial charge in [-0.2, -0.15) is 9.61 Å². The van der Waals surface area contributed by atoms with Crippen LogP contribution in [0, 0.1) is 0 Å². The topological polar surface area (TPSA) is 102 Å². The minimum Gasteiger partial charge on any atom is -0.280 e. The van der Waals surface area contributed by atoms with Gasteiger partial charge in [-0.05, 0) is 85.3 Å². The van der Waals surface area contributed by atoms with Crippen molar-refractivity contribution in [2.45, 2.75) is 30.6 Å². The number of aromatic nitrogens is 5. The summed E-state index contributed by atoms with van der Waals surface area (Å²) in [6.45, 7) is 0. The Morgan fingerprint density at radius 2 is 1.63 bits per heavy atom. The van der Waals surface area contributed by atoms with E-state index in [-0.39, 0.29) is 4.90 Å². The summed E-state index contributed by atoms with van der Waals surface area (Å²) in [5.74, 6) is 0.605. The summed E-state index contributed by atoms with van der Waals surface area (Å²) >= 11 is 0. The van der Waals surface area contributed by atoms with Crippen LogP contribution in [0.2, 0.25) is 0 Å². The second kappa shape index (κ2) is 8.59. The van der Waals surface area contributed by atoms with E-state index in [9.17, 15) is 8.42 Å². The van der Waals surface area contributed by atoms with Gasteiger partial charge in [0.1, 0.15) is 0 Å². The fourth-order valence-electron chi connectivity index (χ4n) is 4.46. The van der Waals surface area contributed by atoms with Crippen molar-refractivity contribution in [1.29, 1.82) is 0 Å². The van der Waals surface area contributed by atoms with E-state index in [1.54, 1.807) is 35.1 Å². The molecule has 2 aromatic carbocycles. The Morgan fingerprint density at radius 1 is 0.800 bits per heavy atom. The van der Waals surface area contributed by atoms with Crippen molar-refractivity contribution in [2.75, 3.05) is 4.72 Å². The minimum absolute atomic E-state index is 0.287. The third kappa shape index (κ3) is 4.15. The highest BCUT2D eigenvalue weighted by Gasteiger charge is 2.18. The number of hydrogen-bond acceptors (Lipinski definition) is 6. The molecule has 0 spiro atoms. The summed E-state index contributed by atoms with van der Waals surface area (Å²) in [6, 6.07) is 20.0. The van der Waals surface area contributed by atoms with Crippen molar-refractivity contribution < 1.29 is 8.42 Å². The van der Waals surface area contributed by atoms with E-state index in [0.29, 0.717) is 22.9 Å². The quantitative estimate of drug-likeness (QED) is 0.395. The number of benzene rings is 2. The molecule has 0 aliphatic heterocycles. The molecule has 1 aliphatic carbocycles. The highest BCUT2D eigenvalue weighted by molar-refractivity contribution is 7.92. The van der Waals surface area contributed by atoms with Crippen molar-refractivity contribution in [2.24, 2.45) is 0 Å². The van der Waals surface area contributed by atoms with Crippen LogP contribution in [0.15, 0.2) is 84.0 Å². The van der Waals surface area contributed by atoms with Gasteiger partial charge in [0, 0.05) is 29.2 Å². The predicted octanol–water partition coefficient (Wildman–Crippen LogP) is 4.53. The average molecular weight is 483 g/mol. The Balaban J connectivity index is 1.32. The first-order valence-electron chi connectivity index (χ1n) is 11.4. The molecule has 8 nitrogen and oxygen atoms in total. The SMILES string of the molecule is O=S(=O)(Nc1cccc(-c2ccc3nnc(-c4ccncc4)n3n2)c1)c1ccc2c(c1)CCCC2. The summed E-state index contributed by atoms with van der Waals surface area (Å²) < 4.78 is 30.7. The zero-order valence-corrected chi connectivity index (χ0v) is 19.6. The van der Waals surface area contributed by atoms with E-state index in [0.717, 1.165) is 42.4 Å². The maximum atomic E-state index is 13.1. The molecule has 174 valence electrons. The molecular weight excluding hydrogens is 460 g/mol. The van der Waals surface area contributed by atoms with Crippen LogP contribution in [0.4, 0.5) is 5.69 Å². The minimum atomic E-state index is -3.72. The van der Waals surface area contributed by atoms with Crippen LogP contribution in [0.25, 0.3) is 28.3 Å². The van der Waals surface area contributed by atoms with Crippen molar-refractivity contribution in [3.05, 3.63) is 90.3 Å². The largest absolute Gasteiger partial charge is 0.280 e. The average Bonchev–Trinajstić information content (AvgIpc) is 3.32. The third-order valence-electron chi connectivity index (χ3n) is 6.24. The first-order chi connectivity index (χ1) is 17.1. The molecule has 0 amide bonds. The lowest BCUT2D eigenvalue weighted by Gasteiger charge is -2.17. The summed E-state index contributed by atoms with van der Waals surface area (Å²) in [5, 5.41) is 13.2. The number of nitrogens with zero attached hydrogens (tertiary/aromatic N) is 5. The van der Waals surface area contributed by atoms with Crippen molar-refractivity contribution in [3.8, 4) is 22.6 Å². The molecule has 0 fully saturated rings. The van der Waals surface area contributed by atoms with Crippen LogP contribution in [0.1, 0.15) is 24.0 Å². The molecule has 9 heteroatoms. The molecule has 0 atom stereocenters. The lowest BCUT2D eigenvalue weighted by molar-refractivity contribution is 0.600. The standard InChI is InChI=1S/C26H22N6O2S/c33-35(34,23-9-8-18-4-1-2-5-20(18)17-23)31-22-7-3-6-21(16-22)24-10-11-25-28-29-26(32(25)30-24)19-12-14-27-15-13-19/h3,6-17,31H,1-2,4-5H2. The molecule has 0 unspecified atom stereocenters. The first-order valence-corrected chi connectivity index (χ1v) is 12.9. The molecule has 1 N–H and O–H groups in total. The second-order valence-corrected chi connectivity index (χ2v) is 10.3. The van der Waals surface area contributed by atoms with E-state index in [4.69, 9.17) is 5.10 Å². The Hall–Kier alpha value is -4.11. The monoisotopic (exact) mass is 482 g/mol. The molecule has 0 bridgehead atoms. The Kier molecular flexibility index (Phi) is 5.26. The molecule has 6 rings (SSSR count). The van der Waals surface area contributed by atoms with Crippen LogP contribution in [0.3, 0.4) is 0 Å². The Bertz CT molecular complexity index is 1650. The summed E-state index contributed by atoms with van der Waals surface area (Å²) in [5.41, 5.74) is 5.76. The lowest BCUT2D eigenvalue weighted by atomic mass is 9.92. The molecular formula is C26H22N6O2S. The summed E-state index contributed by atoms with van der Waals surface area (Å²) in [7, 11) is -3.72. The molecule has 1 aliphatic rings. The molecule has 35 heavy (non-hydrogen) atoms. The maximum Gasteiger partial charge on any atom is 0.261 e. The lowest BCUT2D eigenvalue weighted by Crippen LogP contribution is -2.14. The maximum absolute atomic E-state index is 13.1. The number of rotatable bonds is 5. The highest BCUT2D eigenvalue weighted by atomic mass is 32.2. The van der Waals surface area contributed by atoms with E-state index in [1.165, 1.54) is 5.56 Å². The predicted molar refractivity (Wildman–Crippen MR) is 133 cm³/mol. The van der Waals surface area contributed by atoms with Gasteiger partial charge in [0.2, 0.25) is 0 Å². The van der Waals surface area contributed by atoms with Gasteiger partial charge in [-0.1, -0.05) is 18.2 Å². The Labute approximate surface area is 202 Å². The number of anilines is 1. The van der Waals surface area contributed by atoms with Crippen LogP contribution in [-0.4, -0.2) is 33.2 Å². The van der Waals surface area contributed by atoms with Crippen LogP contribution < -0.4 is 4.72 Å². The first kappa shape index (κ1) is 21.4. The molecule has 0 saturated heterocycles. The van der Waals surface area contributed by atoms with Crippen molar-refractivity contribution in [1.82, 2.24) is 24.8 Å². The van der Waals surface area contributed by atoms with E-state index < -0.39 is 10.0 Å². The van der Waals surface area contributed by atoms with Gasteiger partial charge < -0.3 is 0 Å². The second-order valence-electron chi connectivity index (χ2n) is 8.57. The zero-order chi connectivity index (χ0) is 23.8. The van der Waals surface area contributed by atoms with Crippen LogP contribution in [0.5, 0.6) is 0 Å². The summed E-state index contributed by atoms with van der Waals surface area (Å²) in [6.07, 6.45) is 7.57. The Morgan fingerprint density at radius 3 is 2.49 bits per heavy atom. The van der Waals surface area contributed by atoms with Gasteiger partial charge in [-0.15, -0.1) is 10.2 Å². The van der Waals surface area contributed by atoms with Gasteiger partial charge in [-0.25, -0.2) is 8.42 Å². The van der Waals surface area contributed by atoms with Crippen LogP contribution in [-0.2, 0) is 22.9 Å². The van der Waals surface area contributed by atoms with E-state index >= 15 is 0 Å². The van der Waals surface area contributed by atoms with E-state index in [2.05, 4.69) is 19.9 Å². The van der Waals surface area contributed by atoms with E-state index in [1.807, 2.05) is 48.5 Å². The zero-order valence-electron chi connectivity index (χ0n) is 18.8. The van der Waals surface area contributed by atoms with Gasteiger partial charge >= 0.3 is 0 Å². The molecule has 5 aromatic rings. The fraction of sp³-hybridized carbons (Fsp3) is 0.154. The third-order valence-corrected chi connectivity index (χ3v) is 7.62. The molecule has 3 heterocycles. The fourth-order valence-corrected chi connectivity index (χ4v) is 5.56. The van der Waals surface area contributed by atoms with Gasteiger partial charge in [0.25, 0.3) is 10.0 Å². The number of pyridine rings is 1. The normalized spacial score (nSPS) is 13.5. The molecule has 3 aromatic heterocycles. The smallest absolute Gasteiger partial charge is 0.261 e. The van der Waals surface area contributed by atoms with Crippen molar-refractivity contribution >= 4 is 21.4 Å². The number of fused-ring (bicyclic) bond motifs is 2. The number of sulfonamides is 1. The molecule has 0 saturated carbocycles.